The average molecular weight is 503 g/mol. The van der Waals surface area contributed by atoms with Crippen LogP contribution in [0.1, 0.15) is 42.9 Å². The molecule has 1 aliphatic heterocycles. The summed E-state index contributed by atoms with van der Waals surface area (Å²) in [5, 5.41) is 3.18. The molecule has 1 heterocycles. The Morgan fingerprint density at radius 1 is 1.09 bits per heavy atom. The summed E-state index contributed by atoms with van der Waals surface area (Å²) in [6.45, 7) is 7.82. The predicted octanol–water partition coefficient (Wildman–Crippen LogP) is 5.10. The van der Waals surface area contributed by atoms with Gasteiger partial charge in [-0.15, -0.1) is 17.0 Å². The molecule has 1 aliphatic rings. The van der Waals surface area contributed by atoms with E-state index >= 15 is 0 Å². The first kappa shape index (κ1) is 26.1. The predicted molar refractivity (Wildman–Crippen MR) is 134 cm³/mol. The lowest BCUT2D eigenvalue weighted by Crippen LogP contribution is -2.51. The zero-order valence-corrected chi connectivity index (χ0v) is 21.0. The number of benzene rings is 2. The third-order valence-corrected chi connectivity index (χ3v) is 5.98. The van der Waals surface area contributed by atoms with Gasteiger partial charge >= 0.3 is 5.97 Å². The summed E-state index contributed by atoms with van der Waals surface area (Å²) in [5.41, 5.74) is 4.08. The molecule has 174 valence electrons. The Kier molecular flexibility index (Phi) is 10.4. The van der Waals surface area contributed by atoms with Crippen LogP contribution in [0.4, 0.5) is 5.69 Å². The number of piperidine rings is 1. The fourth-order valence-corrected chi connectivity index (χ4v) is 4.25. The van der Waals surface area contributed by atoms with Gasteiger partial charge in [-0.2, -0.15) is 0 Å². The van der Waals surface area contributed by atoms with Gasteiger partial charge in [0, 0.05) is 12.2 Å². The molecule has 2 aromatic carbocycles. The van der Waals surface area contributed by atoms with Crippen molar-refractivity contribution in [2.75, 3.05) is 25.0 Å². The number of aryl methyl sites for hydroxylation is 2. The normalized spacial score (nSPS) is 17.2. The van der Waals surface area contributed by atoms with Crippen molar-refractivity contribution < 1.29 is 14.3 Å². The van der Waals surface area contributed by atoms with Crippen molar-refractivity contribution in [1.82, 2.24) is 4.90 Å². The van der Waals surface area contributed by atoms with Crippen LogP contribution in [-0.4, -0.2) is 42.5 Å². The number of hydrogen-bond donors (Lipinski definition) is 1. The summed E-state index contributed by atoms with van der Waals surface area (Å²) in [4.78, 5) is 28.1. The van der Waals surface area contributed by atoms with E-state index < -0.39 is 0 Å². The summed E-state index contributed by atoms with van der Waals surface area (Å²) in [6.07, 6.45) is 3.12. The molecule has 0 radical (unpaired) electrons. The summed E-state index contributed by atoms with van der Waals surface area (Å²) in [6, 6.07) is 15.8. The molecule has 32 heavy (non-hydrogen) atoms. The molecule has 2 unspecified atom stereocenters. The summed E-state index contributed by atoms with van der Waals surface area (Å²) < 4.78 is 5.40. The number of anilines is 1. The van der Waals surface area contributed by atoms with Gasteiger partial charge in [-0.25, -0.2) is 0 Å². The third-order valence-electron chi connectivity index (χ3n) is 5.98. The number of esters is 1. The van der Waals surface area contributed by atoms with Gasteiger partial charge < -0.3 is 10.1 Å². The van der Waals surface area contributed by atoms with E-state index in [1.807, 2.05) is 57.2 Å². The van der Waals surface area contributed by atoms with Crippen LogP contribution in [0.15, 0.2) is 48.5 Å². The monoisotopic (exact) mass is 502 g/mol. The second-order valence-electron chi connectivity index (χ2n) is 8.46. The maximum atomic E-state index is 13.5. The molecule has 0 aromatic heterocycles. The topological polar surface area (TPSA) is 58.6 Å². The van der Waals surface area contributed by atoms with Gasteiger partial charge in [-0.3, -0.25) is 14.5 Å². The summed E-state index contributed by atoms with van der Waals surface area (Å²) >= 11 is 0. The van der Waals surface area contributed by atoms with Gasteiger partial charge in [0.2, 0.25) is 5.91 Å². The molecule has 5 nitrogen and oxygen atoms in total. The highest BCUT2D eigenvalue weighted by Crippen LogP contribution is 2.24. The first-order chi connectivity index (χ1) is 15.0. The van der Waals surface area contributed by atoms with Gasteiger partial charge in [0.05, 0.1) is 18.6 Å². The first-order valence-corrected chi connectivity index (χ1v) is 11.3. The van der Waals surface area contributed by atoms with Crippen molar-refractivity contribution in [1.29, 1.82) is 0 Å². The Labute approximate surface area is 202 Å². The fraction of sp³-hybridized carbons (Fsp3) is 0.462. The van der Waals surface area contributed by atoms with Crippen LogP contribution in [0, 0.1) is 19.8 Å². The minimum Gasteiger partial charge on any atom is -0.465 e. The minimum absolute atomic E-state index is 0. The highest BCUT2D eigenvalue weighted by molar-refractivity contribution is 8.93. The summed E-state index contributed by atoms with van der Waals surface area (Å²) in [7, 11) is 0. The van der Waals surface area contributed by atoms with Crippen molar-refractivity contribution in [3.05, 3.63) is 65.2 Å². The smallest absolute Gasteiger partial charge is 0.310 e. The van der Waals surface area contributed by atoms with E-state index in [-0.39, 0.29) is 40.8 Å². The Bertz CT molecular complexity index is 868. The highest BCUT2D eigenvalue weighted by Gasteiger charge is 2.34. The van der Waals surface area contributed by atoms with E-state index in [2.05, 4.69) is 22.3 Å². The van der Waals surface area contributed by atoms with Gasteiger partial charge in [0.25, 0.3) is 0 Å². The summed E-state index contributed by atoms with van der Waals surface area (Å²) in [5.74, 6) is -0.337. The quantitative estimate of drug-likeness (QED) is 0.510. The Morgan fingerprint density at radius 2 is 1.78 bits per heavy atom. The molecular weight excluding hydrogens is 468 g/mol. The number of carbonyl (C=O) groups excluding carboxylic acids is 2. The Balaban J connectivity index is 0.00000363. The lowest BCUT2D eigenvalue weighted by Gasteiger charge is -2.37. The number of halogens is 1. The van der Waals surface area contributed by atoms with Crippen LogP contribution in [-0.2, 0) is 20.7 Å². The molecule has 1 fully saturated rings. The van der Waals surface area contributed by atoms with Gasteiger partial charge in [0.1, 0.15) is 0 Å². The van der Waals surface area contributed by atoms with Crippen LogP contribution in [0.2, 0.25) is 0 Å². The molecule has 0 spiro atoms. The minimum atomic E-state index is -0.344. The average Bonchev–Trinajstić information content (AvgIpc) is 2.79. The number of para-hydroxylation sites is 1. The van der Waals surface area contributed by atoms with Gasteiger partial charge in [-0.1, -0.05) is 55.5 Å². The highest BCUT2D eigenvalue weighted by atomic mass is 79.9. The molecule has 2 atom stereocenters. The molecule has 0 bridgehead atoms. The number of rotatable bonds is 8. The molecule has 1 N–H and O–H groups in total. The van der Waals surface area contributed by atoms with E-state index in [1.54, 1.807) is 0 Å². The van der Waals surface area contributed by atoms with Crippen LogP contribution in [0.5, 0.6) is 0 Å². The number of likely N-dealkylation sites (tertiary alicyclic amines) is 1. The molecule has 1 amide bonds. The molecule has 1 saturated heterocycles. The maximum absolute atomic E-state index is 13.5. The third kappa shape index (κ3) is 6.91. The number of hydrogen-bond acceptors (Lipinski definition) is 4. The van der Waals surface area contributed by atoms with Crippen LogP contribution < -0.4 is 5.32 Å². The van der Waals surface area contributed by atoms with Gasteiger partial charge in [0.15, 0.2) is 0 Å². The van der Waals surface area contributed by atoms with Crippen molar-refractivity contribution in [3.63, 3.8) is 0 Å². The molecule has 6 heteroatoms. The van der Waals surface area contributed by atoms with E-state index in [4.69, 9.17) is 4.74 Å². The Hall–Kier alpha value is -2.18. The molecule has 3 rings (SSSR count). The van der Waals surface area contributed by atoms with Gasteiger partial charge in [-0.05, 0) is 62.8 Å². The zero-order valence-electron chi connectivity index (χ0n) is 19.3. The number of carbonyl (C=O) groups is 2. The number of ether oxygens (including phenoxy) is 1. The van der Waals surface area contributed by atoms with Crippen molar-refractivity contribution in [3.8, 4) is 0 Å². The largest absolute Gasteiger partial charge is 0.465 e. The second kappa shape index (κ2) is 12.8. The van der Waals surface area contributed by atoms with Crippen LogP contribution in [0.25, 0.3) is 0 Å². The lowest BCUT2D eigenvalue weighted by atomic mass is 9.94. The van der Waals surface area contributed by atoms with E-state index in [0.717, 1.165) is 48.2 Å². The van der Waals surface area contributed by atoms with E-state index in [0.29, 0.717) is 19.6 Å². The van der Waals surface area contributed by atoms with E-state index in [1.165, 1.54) is 0 Å². The van der Waals surface area contributed by atoms with Crippen molar-refractivity contribution in [2.24, 2.45) is 5.92 Å². The zero-order chi connectivity index (χ0) is 22.2. The van der Waals surface area contributed by atoms with Crippen molar-refractivity contribution >= 4 is 34.5 Å². The van der Waals surface area contributed by atoms with Crippen LogP contribution >= 0.6 is 17.0 Å². The standard InChI is InChI=1S/C26H34N2O3.BrH/c1-4-16-31-26(30)22-14-9-15-28(18-22)23(17-21-12-6-5-7-13-21)25(29)27-24-19(2)10-8-11-20(24)3;/h5-8,10-13,22-23H,4,9,14-18H2,1-3H3,(H,27,29);1H. The fourth-order valence-electron chi connectivity index (χ4n) is 4.25. The van der Waals surface area contributed by atoms with Crippen molar-refractivity contribution in [2.45, 2.75) is 52.5 Å². The Morgan fingerprint density at radius 3 is 2.44 bits per heavy atom. The SMILES string of the molecule is Br.CCCOC(=O)C1CCCN(C(Cc2ccccc2)C(=O)Nc2c(C)cccc2C)C1. The maximum Gasteiger partial charge on any atom is 0.310 e. The number of nitrogens with zero attached hydrogens (tertiary/aromatic N) is 1. The van der Waals surface area contributed by atoms with E-state index in [9.17, 15) is 9.59 Å². The lowest BCUT2D eigenvalue weighted by molar-refractivity contribution is -0.151. The molecule has 2 aromatic rings. The first-order valence-electron chi connectivity index (χ1n) is 11.3. The number of nitrogens with one attached hydrogen (secondary N) is 1. The second-order valence-corrected chi connectivity index (χ2v) is 8.46. The molecular formula is C26H35BrN2O3. The van der Waals surface area contributed by atoms with Crippen LogP contribution in [0.3, 0.4) is 0 Å². The molecule has 0 aliphatic carbocycles. The molecule has 0 saturated carbocycles. The number of amides is 1.